The van der Waals surface area contributed by atoms with Crippen LogP contribution < -0.4 is 21.6 Å². The van der Waals surface area contributed by atoms with E-state index in [0.29, 0.717) is 41.9 Å². The molecule has 1 aromatic carbocycles. The Kier molecular flexibility index (Phi) is 7.01. The number of carbonyl (C=O) groups is 3. The topological polar surface area (TPSA) is 114 Å². The number of imidazole rings is 1. The molecule has 0 radical (unpaired) electrons. The van der Waals surface area contributed by atoms with Crippen LogP contribution in [-0.2, 0) is 28.0 Å². The number of piperidine rings is 1. The second kappa shape index (κ2) is 10.2. The third-order valence-corrected chi connectivity index (χ3v) is 8.47. The van der Waals surface area contributed by atoms with Crippen molar-refractivity contribution in [2.45, 2.75) is 89.3 Å². The van der Waals surface area contributed by atoms with Crippen LogP contribution in [0.1, 0.15) is 82.2 Å². The van der Waals surface area contributed by atoms with Crippen molar-refractivity contribution in [2.75, 3.05) is 6.54 Å². The standard InChI is InChI=1S/C27H37N5O4/c1-31-24-18(7-5-8-20(24)32(26(31)36)21-10-11-23(34)30-25(21)35)17-29-22(33)9-3-2-4-14-28-19-15-27(16-19)12-6-13-27/h5,7-8,19,21,28H,2-4,6,9-17H2,1H3,(H,29,33)(H,30,34,35). The molecule has 1 aromatic heterocycles. The quantitative estimate of drug-likeness (QED) is 0.346. The van der Waals surface area contributed by atoms with E-state index in [-0.39, 0.29) is 23.9 Å². The molecule has 1 spiro atoms. The Balaban J connectivity index is 1.10. The SMILES string of the molecule is Cn1c(=O)n(C2CCC(=O)NC2=O)c2cccc(CNC(=O)CCCCCNC3CC4(CCC4)C3)c21. The molecule has 3 aliphatic rings. The van der Waals surface area contributed by atoms with E-state index >= 15 is 0 Å². The van der Waals surface area contributed by atoms with E-state index in [0.717, 1.165) is 31.4 Å². The normalized spacial score (nSPS) is 21.3. The van der Waals surface area contributed by atoms with E-state index in [9.17, 15) is 19.2 Å². The third-order valence-electron chi connectivity index (χ3n) is 8.47. The average Bonchev–Trinajstić information content (AvgIpc) is 3.05. The smallest absolute Gasteiger partial charge is 0.329 e. The van der Waals surface area contributed by atoms with Crippen LogP contribution in [0.3, 0.4) is 0 Å². The number of imide groups is 1. The Morgan fingerprint density at radius 1 is 1.14 bits per heavy atom. The molecule has 2 aliphatic carbocycles. The van der Waals surface area contributed by atoms with Gasteiger partial charge in [-0.15, -0.1) is 0 Å². The molecule has 2 saturated carbocycles. The van der Waals surface area contributed by atoms with Crippen molar-refractivity contribution in [3.63, 3.8) is 0 Å². The first kappa shape index (κ1) is 24.7. The molecule has 9 heteroatoms. The second-order valence-electron chi connectivity index (χ2n) is 11.0. The molecular formula is C27H37N5O4. The zero-order chi connectivity index (χ0) is 25.3. The lowest BCUT2D eigenvalue weighted by atomic mass is 9.54. The first-order chi connectivity index (χ1) is 17.4. The number of amides is 3. The summed E-state index contributed by atoms with van der Waals surface area (Å²) in [6.45, 7) is 1.34. The summed E-state index contributed by atoms with van der Waals surface area (Å²) in [6.07, 6.45) is 10.9. The van der Waals surface area contributed by atoms with Crippen LogP contribution in [0.2, 0.25) is 0 Å². The van der Waals surface area contributed by atoms with Crippen molar-refractivity contribution in [1.29, 1.82) is 0 Å². The van der Waals surface area contributed by atoms with Gasteiger partial charge in [-0.2, -0.15) is 0 Å². The number of carbonyl (C=O) groups excluding carboxylic acids is 3. The Hall–Kier alpha value is -2.94. The molecule has 1 unspecified atom stereocenters. The minimum Gasteiger partial charge on any atom is -0.352 e. The fourth-order valence-electron chi connectivity index (χ4n) is 6.28. The number of unbranched alkanes of at least 4 members (excludes halogenated alkanes) is 2. The Morgan fingerprint density at radius 2 is 1.94 bits per heavy atom. The molecule has 3 amide bonds. The van der Waals surface area contributed by atoms with E-state index in [4.69, 9.17) is 0 Å². The van der Waals surface area contributed by atoms with Gasteiger partial charge in [0, 0.05) is 32.5 Å². The number of benzene rings is 1. The number of nitrogens with one attached hydrogen (secondary N) is 3. The molecule has 36 heavy (non-hydrogen) atoms. The molecule has 1 aliphatic heterocycles. The van der Waals surface area contributed by atoms with Gasteiger partial charge in [-0.3, -0.25) is 28.8 Å². The predicted octanol–water partition coefficient (Wildman–Crippen LogP) is 2.42. The van der Waals surface area contributed by atoms with Crippen molar-refractivity contribution in [1.82, 2.24) is 25.1 Å². The summed E-state index contributed by atoms with van der Waals surface area (Å²) in [5.74, 6) is -0.769. The Morgan fingerprint density at radius 3 is 2.67 bits per heavy atom. The number of aromatic nitrogens is 2. The van der Waals surface area contributed by atoms with Crippen LogP contribution in [0.4, 0.5) is 0 Å². The molecule has 1 saturated heterocycles. The van der Waals surface area contributed by atoms with Gasteiger partial charge < -0.3 is 10.6 Å². The summed E-state index contributed by atoms with van der Waals surface area (Å²) < 4.78 is 2.98. The van der Waals surface area contributed by atoms with Crippen molar-refractivity contribution < 1.29 is 14.4 Å². The van der Waals surface area contributed by atoms with Crippen molar-refractivity contribution in [3.05, 3.63) is 34.2 Å². The molecular weight excluding hydrogens is 458 g/mol. The fraction of sp³-hybridized carbons (Fsp3) is 0.630. The lowest BCUT2D eigenvalue weighted by molar-refractivity contribution is -0.135. The molecule has 0 bridgehead atoms. The first-order valence-electron chi connectivity index (χ1n) is 13.4. The largest absolute Gasteiger partial charge is 0.352 e. The fourth-order valence-corrected chi connectivity index (χ4v) is 6.28. The molecule has 2 aromatic rings. The van der Waals surface area contributed by atoms with Gasteiger partial charge in [0.05, 0.1) is 11.0 Å². The van der Waals surface area contributed by atoms with Gasteiger partial charge in [0.2, 0.25) is 17.7 Å². The van der Waals surface area contributed by atoms with Gasteiger partial charge in [-0.1, -0.05) is 25.0 Å². The Bertz CT molecular complexity index is 1220. The van der Waals surface area contributed by atoms with E-state index in [1.165, 1.54) is 41.2 Å². The number of aryl methyl sites for hydroxylation is 1. The van der Waals surface area contributed by atoms with Gasteiger partial charge >= 0.3 is 5.69 Å². The maximum absolute atomic E-state index is 13.0. The highest BCUT2D eigenvalue weighted by atomic mass is 16.2. The number of fused-ring (bicyclic) bond motifs is 1. The summed E-state index contributed by atoms with van der Waals surface area (Å²) in [6, 6.07) is 5.50. The molecule has 5 rings (SSSR count). The number of nitrogens with zero attached hydrogens (tertiary/aromatic N) is 2. The zero-order valence-electron chi connectivity index (χ0n) is 21.1. The van der Waals surface area contributed by atoms with Gasteiger partial charge in [0.1, 0.15) is 6.04 Å². The average molecular weight is 496 g/mol. The lowest BCUT2D eigenvalue weighted by Crippen LogP contribution is -2.52. The van der Waals surface area contributed by atoms with Crippen LogP contribution in [0.15, 0.2) is 23.0 Å². The number of para-hydroxylation sites is 1. The summed E-state index contributed by atoms with van der Waals surface area (Å²) in [5.41, 5.74) is 2.54. The third kappa shape index (κ3) is 4.85. The second-order valence-corrected chi connectivity index (χ2v) is 11.0. The first-order valence-corrected chi connectivity index (χ1v) is 13.4. The summed E-state index contributed by atoms with van der Waals surface area (Å²) >= 11 is 0. The predicted molar refractivity (Wildman–Crippen MR) is 136 cm³/mol. The monoisotopic (exact) mass is 495 g/mol. The summed E-state index contributed by atoms with van der Waals surface area (Å²) in [5, 5.41) is 8.98. The highest BCUT2D eigenvalue weighted by molar-refractivity contribution is 6.00. The maximum Gasteiger partial charge on any atom is 0.329 e. The van der Waals surface area contributed by atoms with E-state index in [2.05, 4.69) is 16.0 Å². The minimum atomic E-state index is -0.721. The van der Waals surface area contributed by atoms with Gasteiger partial charge in [0.15, 0.2) is 0 Å². The van der Waals surface area contributed by atoms with Crippen LogP contribution in [-0.4, -0.2) is 39.4 Å². The molecule has 3 fully saturated rings. The minimum absolute atomic E-state index is 0.000448. The molecule has 3 N–H and O–H groups in total. The van der Waals surface area contributed by atoms with Crippen LogP contribution in [0.5, 0.6) is 0 Å². The molecule has 2 heterocycles. The van der Waals surface area contributed by atoms with Gasteiger partial charge in [-0.25, -0.2) is 4.79 Å². The van der Waals surface area contributed by atoms with E-state index in [1.54, 1.807) is 13.1 Å². The van der Waals surface area contributed by atoms with Gasteiger partial charge in [-0.05, 0) is 68.5 Å². The van der Waals surface area contributed by atoms with Crippen LogP contribution in [0, 0.1) is 5.41 Å². The van der Waals surface area contributed by atoms with Crippen molar-refractivity contribution in [3.8, 4) is 0 Å². The van der Waals surface area contributed by atoms with Crippen LogP contribution in [0.25, 0.3) is 11.0 Å². The molecule has 9 nitrogen and oxygen atoms in total. The zero-order valence-corrected chi connectivity index (χ0v) is 21.1. The van der Waals surface area contributed by atoms with Crippen LogP contribution >= 0.6 is 0 Å². The molecule has 194 valence electrons. The lowest BCUT2D eigenvalue weighted by Gasteiger charge is -2.54. The van der Waals surface area contributed by atoms with Gasteiger partial charge in [0.25, 0.3) is 0 Å². The van der Waals surface area contributed by atoms with Crippen molar-refractivity contribution in [2.24, 2.45) is 12.5 Å². The van der Waals surface area contributed by atoms with Crippen molar-refractivity contribution >= 4 is 28.8 Å². The van der Waals surface area contributed by atoms with E-state index in [1.807, 2.05) is 12.1 Å². The summed E-state index contributed by atoms with van der Waals surface area (Å²) in [7, 11) is 1.67. The Labute approximate surface area is 211 Å². The number of hydrogen-bond acceptors (Lipinski definition) is 5. The highest BCUT2D eigenvalue weighted by Crippen LogP contribution is 2.55. The summed E-state index contributed by atoms with van der Waals surface area (Å²) in [4.78, 5) is 49.4. The maximum atomic E-state index is 13.0. The molecule has 1 atom stereocenters. The number of rotatable bonds is 10. The highest BCUT2D eigenvalue weighted by Gasteiger charge is 2.47. The number of hydrogen-bond donors (Lipinski definition) is 3. The van der Waals surface area contributed by atoms with E-state index < -0.39 is 11.9 Å².